The van der Waals surface area contributed by atoms with E-state index in [0.29, 0.717) is 0 Å². The van der Waals surface area contributed by atoms with Crippen molar-refractivity contribution in [1.82, 2.24) is 0 Å². The van der Waals surface area contributed by atoms with E-state index in [1.54, 1.807) is 0 Å². The number of hydrogen-bond acceptors (Lipinski definition) is 0. The van der Waals surface area contributed by atoms with Crippen molar-refractivity contribution >= 4 is 0 Å². The molecule has 1 heterocycles. The first-order valence-corrected chi connectivity index (χ1v) is 6.78. The lowest BCUT2D eigenvalue weighted by molar-refractivity contribution is -0.697. The molecule has 1 aromatic rings. The van der Waals surface area contributed by atoms with Crippen molar-refractivity contribution in [2.24, 2.45) is 0 Å². The highest BCUT2D eigenvalue weighted by molar-refractivity contribution is 5.03. The van der Waals surface area contributed by atoms with E-state index in [-0.39, 0.29) is 17.0 Å². The number of hydrogen-bond donors (Lipinski definition) is 0. The summed E-state index contributed by atoms with van der Waals surface area (Å²) in [6.45, 7) is 5.58. The molecule has 0 bridgehead atoms. The van der Waals surface area contributed by atoms with Gasteiger partial charge in [-0.2, -0.15) is 0 Å². The van der Waals surface area contributed by atoms with Crippen LogP contribution < -0.4 is 21.5 Å². The Morgan fingerprint density at radius 2 is 1.41 bits per heavy atom. The average Bonchev–Trinajstić information content (AvgIpc) is 2.30. The second-order valence-corrected chi connectivity index (χ2v) is 4.73. The van der Waals surface area contributed by atoms with Gasteiger partial charge in [0, 0.05) is 18.6 Å². The minimum Gasteiger partial charge on any atom is -1.00 e. The van der Waals surface area contributed by atoms with Crippen molar-refractivity contribution in [3.63, 3.8) is 0 Å². The molecule has 0 unspecified atom stereocenters. The normalized spacial score (nSPS) is 10.0. The summed E-state index contributed by atoms with van der Waals surface area (Å²) in [5.74, 6) is 0. The van der Waals surface area contributed by atoms with Crippen LogP contribution in [0, 0.1) is 6.92 Å². The van der Waals surface area contributed by atoms with Crippen LogP contribution in [0.25, 0.3) is 0 Å². The van der Waals surface area contributed by atoms with Gasteiger partial charge in [0.1, 0.15) is 6.54 Å². The smallest absolute Gasteiger partial charge is 0.169 e. The van der Waals surface area contributed by atoms with E-state index < -0.39 is 0 Å². The number of nitrogens with zero attached hydrogens (tertiary/aromatic N) is 1. The Kier molecular flexibility index (Phi) is 10.5. The SMILES string of the molecule is CCCCCCCCC[n+]1ccc(C)cc1.[Br-]. The van der Waals surface area contributed by atoms with Crippen molar-refractivity contribution in [2.45, 2.75) is 65.3 Å². The summed E-state index contributed by atoms with van der Waals surface area (Å²) in [5.41, 5.74) is 1.34. The third kappa shape index (κ3) is 8.37. The highest BCUT2D eigenvalue weighted by Gasteiger charge is 1.98. The highest BCUT2D eigenvalue weighted by atomic mass is 79.9. The Hall–Kier alpha value is -0.370. The molecule has 0 aliphatic rings. The molecule has 0 spiro atoms. The van der Waals surface area contributed by atoms with Gasteiger partial charge >= 0.3 is 0 Å². The van der Waals surface area contributed by atoms with Gasteiger partial charge in [-0.15, -0.1) is 0 Å². The van der Waals surface area contributed by atoms with Crippen LogP contribution in [0.1, 0.15) is 57.4 Å². The first kappa shape index (κ1) is 16.6. The number of unbranched alkanes of at least 4 members (excludes halogenated alkanes) is 6. The van der Waals surface area contributed by atoms with E-state index >= 15 is 0 Å². The quantitative estimate of drug-likeness (QED) is 0.499. The van der Waals surface area contributed by atoms with Gasteiger partial charge in [-0.1, -0.05) is 39.0 Å². The Morgan fingerprint density at radius 3 is 2.00 bits per heavy atom. The van der Waals surface area contributed by atoms with Gasteiger partial charge < -0.3 is 17.0 Å². The maximum atomic E-state index is 2.29. The zero-order valence-corrected chi connectivity index (χ0v) is 12.9. The van der Waals surface area contributed by atoms with Crippen LogP contribution in [0.5, 0.6) is 0 Å². The van der Waals surface area contributed by atoms with Crippen molar-refractivity contribution in [3.05, 3.63) is 30.1 Å². The largest absolute Gasteiger partial charge is 1.00 e. The number of pyridine rings is 1. The number of rotatable bonds is 8. The molecule has 0 amide bonds. The van der Waals surface area contributed by atoms with Crippen LogP contribution in [0.3, 0.4) is 0 Å². The summed E-state index contributed by atoms with van der Waals surface area (Å²) in [7, 11) is 0. The zero-order valence-electron chi connectivity index (χ0n) is 11.3. The van der Waals surface area contributed by atoms with E-state index in [9.17, 15) is 0 Å². The Labute approximate surface area is 117 Å². The molecule has 0 aliphatic heterocycles. The molecule has 2 heteroatoms. The molecule has 0 aliphatic carbocycles. The molecule has 17 heavy (non-hydrogen) atoms. The van der Waals surface area contributed by atoms with Gasteiger partial charge in [-0.3, -0.25) is 0 Å². The van der Waals surface area contributed by atoms with Gasteiger partial charge in [0.05, 0.1) is 0 Å². The van der Waals surface area contributed by atoms with E-state index in [1.165, 1.54) is 57.1 Å². The zero-order chi connectivity index (χ0) is 11.6. The average molecular weight is 300 g/mol. The van der Waals surface area contributed by atoms with E-state index in [2.05, 4.69) is 42.9 Å². The summed E-state index contributed by atoms with van der Waals surface area (Å²) in [6, 6.07) is 4.36. The van der Waals surface area contributed by atoms with E-state index in [4.69, 9.17) is 0 Å². The van der Waals surface area contributed by atoms with Gasteiger partial charge in [-0.05, 0) is 18.9 Å². The maximum Gasteiger partial charge on any atom is 0.169 e. The summed E-state index contributed by atoms with van der Waals surface area (Å²) in [6.07, 6.45) is 14.1. The first-order valence-electron chi connectivity index (χ1n) is 6.78. The molecular weight excluding hydrogens is 274 g/mol. The van der Waals surface area contributed by atoms with Crippen LogP contribution in [0.4, 0.5) is 0 Å². The molecule has 0 saturated carbocycles. The number of halogens is 1. The molecular formula is C15H26BrN. The summed E-state index contributed by atoms with van der Waals surface area (Å²) >= 11 is 0. The number of aryl methyl sites for hydroxylation is 2. The van der Waals surface area contributed by atoms with E-state index in [0.717, 1.165) is 0 Å². The fourth-order valence-electron chi connectivity index (χ4n) is 1.93. The minimum absolute atomic E-state index is 0. The third-order valence-corrected chi connectivity index (χ3v) is 3.08. The molecule has 0 atom stereocenters. The Bertz CT molecular complexity index is 269. The van der Waals surface area contributed by atoms with Crippen LogP contribution in [-0.4, -0.2) is 0 Å². The molecule has 98 valence electrons. The van der Waals surface area contributed by atoms with Gasteiger partial charge in [-0.25, -0.2) is 4.57 Å². The fraction of sp³-hybridized carbons (Fsp3) is 0.667. The van der Waals surface area contributed by atoms with E-state index in [1.807, 2.05) is 0 Å². The van der Waals surface area contributed by atoms with Crippen molar-refractivity contribution < 1.29 is 21.5 Å². The second kappa shape index (κ2) is 10.8. The molecule has 1 nitrogen and oxygen atoms in total. The van der Waals surface area contributed by atoms with Crippen molar-refractivity contribution in [2.75, 3.05) is 0 Å². The second-order valence-electron chi connectivity index (χ2n) is 4.73. The molecule has 1 rings (SSSR count). The summed E-state index contributed by atoms with van der Waals surface area (Å²) < 4.78 is 2.29. The third-order valence-electron chi connectivity index (χ3n) is 3.08. The Morgan fingerprint density at radius 1 is 0.882 bits per heavy atom. The molecule has 0 saturated heterocycles. The standard InChI is InChI=1S/C15H26N.BrH/c1-3-4-5-6-7-8-9-12-16-13-10-15(2)11-14-16;/h10-11,13-14H,3-9,12H2,1-2H3;1H/q+1;/p-1. The molecule has 1 aromatic heterocycles. The van der Waals surface area contributed by atoms with Crippen molar-refractivity contribution in [3.8, 4) is 0 Å². The lowest BCUT2D eigenvalue weighted by atomic mass is 10.1. The van der Waals surface area contributed by atoms with Crippen LogP contribution >= 0.6 is 0 Å². The van der Waals surface area contributed by atoms with Gasteiger partial charge in [0.2, 0.25) is 0 Å². The number of aromatic nitrogens is 1. The Balaban J connectivity index is 0.00000256. The molecule has 0 fully saturated rings. The predicted molar refractivity (Wildman–Crippen MR) is 69.4 cm³/mol. The van der Waals surface area contributed by atoms with Crippen LogP contribution in [0.15, 0.2) is 24.5 Å². The highest BCUT2D eigenvalue weighted by Crippen LogP contribution is 2.06. The molecule has 0 radical (unpaired) electrons. The summed E-state index contributed by atoms with van der Waals surface area (Å²) in [5, 5.41) is 0. The maximum absolute atomic E-state index is 2.29. The lowest BCUT2D eigenvalue weighted by Gasteiger charge is -1.99. The van der Waals surface area contributed by atoms with Gasteiger partial charge in [0.15, 0.2) is 12.4 Å². The van der Waals surface area contributed by atoms with Gasteiger partial charge in [0.25, 0.3) is 0 Å². The lowest BCUT2D eigenvalue weighted by Crippen LogP contribution is -3.00. The van der Waals surface area contributed by atoms with Crippen LogP contribution in [0.2, 0.25) is 0 Å². The first-order chi connectivity index (χ1) is 7.83. The van der Waals surface area contributed by atoms with Crippen LogP contribution in [-0.2, 0) is 6.54 Å². The van der Waals surface area contributed by atoms with Crippen molar-refractivity contribution in [1.29, 1.82) is 0 Å². The summed E-state index contributed by atoms with van der Waals surface area (Å²) in [4.78, 5) is 0. The minimum atomic E-state index is 0. The molecule has 0 aromatic carbocycles. The predicted octanol–water partition coefficient (Wildman–Crippen LogP) is 1.04. The topological polar surface area (TPSA) is 3.88 Å². The fourth-order valence-corrected chi connectivity index (χ4v) is 1.93. The monoisotopic (exact) mass is 299 g/mol. The molecule has 0 N–H and O–H groups in total.